The molecule has 0 aromatic heterocycles. The van der Waals surface area contributed by atoms with Crippen LogP contribution in [0.4, 0.5) is 0 Å². The first-order valence-corrected chi connectivity index (χ1v) is 4.56. The molecule has 0 radical (unpaired) electrons. The van der Waals surface area contributed by atoms with Gasteiger partial charge >= 0.3 is 0 Å². The largest absolute Gasteiger partial charge is 0.499 e. The van der Waals surface area contributed by atoms with E-state index in [0.29, 0.717) is 6.10 Å². The third kappa shape index (κ3) is 9.28. The van der Waals surface area contributed by atoms with Gasteiger partial charge in [-0.3, -0.25) is 0 Å². The molecule has 1 nitrogen and oxygen atoms in total. The maximum atomic E-state index is 5.25. The Hall–Kier alpha value is -0.720. The zero-order chi connectivity index (χ0) is 9.40. The number of ether oxygens (including phenoxy) is 1. The van der Waals surface area contributed by atoms with Gasteiger partial charge < -0.3 is 4.74 Å². The molecule has 0 fully saturated rings. The highest BCUT2D eigenvalue weighted by Gasteiger charge is 1.84. The summed E-state index contributed by atoms with van der Waals surface area (Å²) in [5.74, 6) is 0. The quantitative estimate of drug-likeness (QED) is 0.346. The molecule has 0 unspecified atom stereocenters. The molecule has 0 spiro atoms. The average molecular weight is 168 g/mol. The van der Waals surface area contributed by atoms with E-state index >= 15 is 0 Å². The van der Waals surface area contributed by atoms with Crippen molar-refractivity contribution < 1.29 is 4.74 Å². The highest BCUT2D eigenvalue weighted by molar-refractivity contribution is 4.94. The summed E-state index contributed by atoms with van der Waals surface area (Å²) in [6.07, 6.45) is 8.57. The molecule has 0 saturated heterocycles. The summed E-state index contributed by atoms with van der Waals surface area (Å²) in [5.41, 5.74) is 1.38. The minimum absolute atomic E-state index is 0.296. The van der Waals surface area contributed by atoms with Gasteiger partial charge in [-0.25, -0.2) is 0 Å². The zero-order valence-electron chi connectivity index (χ0n) is 8.63. The normalized spacial score (nSPS) is 10.8. The molecule has 0 N–H and O–H groups in total. The van der Waals surface area contributed by atoms with E-state index in [2.05, 4.69) is 26.0 Å². The monoisotopic (exact) mass is 168 g/mol. The van der Waals surface area contributed by atoms with Gasteiger partial charge in [0.05, 0.1) is 12.4 Å². The molecule has 0 heterocycles. The van der Waals surface area contributed by atoms with Crippen molar-refractivity contribution in [2.45, 2.75) is 46.6 Å². The minimum atomic E-state index is 0.296. The summed E-state index contributed by atoms with van der Waals surface area (Å²) in [6.45, 7) is 8.30. The van der Waals surface area contributed by atoms with E-state index in [1.807, 2.05) is 13.8 Å². The molecule has 0 saturated carbocycles. The van der Waals surface area contributed by atoms with E-state index in [1.165, 1.54) is 5.57 Å². The van der Waals surface area contributed by atoms with Crippen LogP contribution in [0.1, 0.15) is 40.5 Å². The first-order chi connectivity index (χ1) is 5.63. The fourth-order valence-electron chi connectivity index (χ4n) is 0.749. The summed E-state index contributed by atoms with van der Waals surface area (Å²) in [5, 5.41) is 0. The molecule has 12 heavy (non-hydrogen) atoms. The summed E-state index contributed by atoms with van der Waals surface area (Å²) in [7, 11) is 0. The van der Waals surface area contributed by atoms with E-state index in [1.54, 1.807) is 6.26 Å². The Labute approximate surface area is 76.1 Å². The lowest BCUT2D eigenvalue weighted by Crippen LogP contribution is -1.94. The van der Waals surface area contributed by atoms with Crippen LogP contribution >= 0.6 is 0 Å². The Balaban J connectivity index is 3.31. The average Bonchev–Trinajstić information content (AvgIpc) is 1.95. The van der Waals surface area contributed by atoms with Crippen LogP contribution < -0.4 is 0 Å². The third-order valence-electron chi connectivity index (χ3n) is 1.33. The standard InChI is InChI=1S/C11H20O/c1-10(2)8-6-5-7-9-12-11(3)4/h7-9,11H,5-6H2,1-4H3. The van der Waals surface area contributed by atoms with Crippen LogP contribution in [0, 0.1) is 0 Å². The molecule has 0 aromatic rings. The molecule has 70 valence electrons. The summed E-state index contributed by atoms with van der Waals surface area (Å²) in [4.78, 5) is 0. The van der Waals surface area contributed by atoms with E-state index in [0.717, 1.165) is 12.8 Å². The number of rotatable bonds is 5. The molecular formula is C11H20O. The Bertz CT molecular complexity index is 150. The molecule has 0 aliphatic heterocycles. The predicted octanol–water partition coefficient (Wildman–Crippen LogP) is 3.67. The maximum Gasteiger partial charge on any atom is 0.0922 e. The number of hydrogen-bond acceptors (Lipinski definition) is 1. The van der Waals surface area contributed by atoms with Crippen LogP contribution in [0.15, 0.2) is 24.0 Å². The van der Waals surface area contributed by atoms with Gasteiger partial charge in [-0.05, 0) is 46.6 Å². The van der Waals surface area contributed by atoms with Gasteiger partial charge in [0.2, 0.25) is 0 Å². The van der Waals surface area contributed by atoms with Gasteiger partial charge in [0.15, 0.2) is 0 Å². The highest BCUT2D eigenvalue weighted by Crippen LogP contribution is 1.98. The predicted molar refractivity (Wildman–Crippen MR) is 54.0 cm³/mol. The molecule has 0 aromatic carbocycles. The summed E-state index contributed by atoms with van der Waals surface area (Å²) in [6, 6.07) is 0. The molecule has 0 bridgehead atoms. The second kappa shape index (κ2) is 6.96. The molecule has 0 aliphatic carbocycles. The Morgan fingerprint density at radius 2 is 1.92 bits per heavy atom. The van der Waals surface area contributed by atoms with Gasteiger partial charge in [-0.2, -0.15) is 0 Å². The van der Waals surface area contributed by atoms with Crippen molar-refractivity contribution in [3.63, 3.8) is 0 Å². The summed E-state index contributed by atoms with van der Waals surface area (Å²) >= 11 is 0. The van der Waals surface area contributed by atoms with Crippen molar-refractivity contribution in [3.05, 3.63) is 24.0 Å². The van der Waals surface area contributed by atoms with E-state index in [-0.39, 0.29) is 0 Å². The maximum absolute atomic E-state index is 5.25. The zero-order valence-corrected chi connectivity index (χ0v) is 8.63. The second-order valence-corrected chi connectivity index (χ2v) is 3.42. The van der Waals surface area contributed by atoms with Crippen molar-refractivity contribution in [2.24, 2.45) is 0 Å². The fraction of sp³-hybridized carbons (Fsp3) is 0.636. The smallest absolute Gasteiger partial charge is 0.0922 e. The van der Waals surface area contributed by atoms with Crippen LogP contribution in [0.5, 0.6) is 0 Å². The van der Waals surface area contributed by atoms with Gasteiger partial charge in [-0.15, -0.1) is 0 Å². The van der Waals surface area contributed by atoms with Crippen LogP contribution in [-0.4, -0.2) is 6.10 Å². The lowest BCUT2D eigenvalue weighted by molar-refractivity contribution is 0.178. The second-order valence-electron chi connectivity index (χ2n) is 3.42. The van der Waals surface area contributed by atoms with Crippen molar-refractivity contribution in [1.82, 2.24) is 0 Å². The summed E-state index contributed by atoms with van der Waals surface area (Å²) < 4.78 is 5.25. The van der Waals surface area contributed by atoms with E-state index in [4.69, 9.17) is 4.74 Å². The molecule has 0 rings (SSSR count). The lowest BCUT2D eigenvalue weighted by atomic mass is 10.2. The van der Waals surface area contributed by atoms with Gasteiger partial charge in [0.25, 0.3) is 0 Å². The van der Waals surface area contributed by atoms with Crippen molar-refractivity contribution in [1.29, 1.82) is 0 Å². The molecule has 0 aliphatic rings. The van der Waals surface area contributed by atoms with Crippen molar-refractivity contribution >= 4 is 0 Å². The molecule has 0 amide bonds. The van der Waals surface area contributed by atoms with E-state index in [9.17, 15) is 0 Å². The Kier molecular flexibility index (Phi) is 6.54. The first kappa shape index (κ1) is 11.3. The SMILES string of the molecule is CC(C)=CCCC=COC(C)C. The van der Waals surface area contributed by atoms with Gasteiger partial charge in [0, 0.05) is 0 Å². The fourth-order valence-corrected chi connectivity index (χ4v) is 0.749. The Morgan fingerprint density at radius 3 is 2.42 bits per heavy atom. The first-order valence-electron chi connectivity index (χ1n) is 4.56. The van der Waals surface area contributed by atoms with Crippen LogP contribution in [0.25, 0.3) is 0 Å². The molecule has 0 atom stereocenters. The number of allylic oxidation sites excluding steroid dienone is 3. The minimum Gasteiger partial charge on any atom is -0.499 e. The topological polar surface area (TPSA) is 9.23 Å². The molecular weight excluding hydrogens is 148 g/mol. The third-order valence-corrected chi connectivity index (χ3v) is 1.33. The number of unbranched alkanes of at least 4 members (excludes halogenated alkanes) is 1. The highest BCUT2D eigenvalue weighted by atomic mass is 16.5. The van der Waals surface area contributed by atoms with Gasteiger partial charge in [0.1, 0.15) is 0 Å². The number of hydrogen-bond donors (Lipinski definition) is 0. The van der Waals surface area contributed by atoms with Crippen LogP contribution in [0.2, 0.25) is 0 Å². The van der Waals surface area contributed by atoms with Gasteiger partial charge in [-0.1, -0.05) is 11.6 Å². The van der Waals surface area contributed by atoms with Crippen LogP contribution in [0.3, 0.4) is 0 Å². The van der Waals surface area contributed by atoms with Crippen molar-refractivity contribution in [3.8, 4) is 0 Å². The lowest BCUT2D eigenvalue weighted by Gasteiger charge is -2.01. The van der Waals surface area contributed by atoms with Crippen LogP contribution in [-0.2, 0) is 4.74 Å². The Morgan fingerprint density at radius 1 is 1.25 bits per heavy atom. The van der Waals surface area contributed by atoms with Crippen molar-refractivity contribution in [2.75, 3.05) is 0 Å². The van der Waals surface area contributed by atoms with E-state index < -0.39 is 0 Å². The molecule has 1 heteroatoms.